The first kappa shape index (κ1) is 28.3. The molecule has 0 N–H and O–H groups in total. The predicted octanol–water partition coefficient (Wildman–Crippen LogP) is 4.99. The van der Waals surface area contributed by atoms with Crippen LogP contribution in [0.2, 0.25) is 0 Å². The van der Waals surface area contributed by atoms with Crippen LogP contribution < -0.4 is 9.64 Å². The van der Waals surface area contributed by atoms with Gasteiger partial charge in [0.25, 0.3) is 0 Å². The van der Waals surface area contributed by atoms with Gasteiger partial charge < -0.3 is 18.9 Å². The van der Waals surface area contributed by atoms with E-state index >= 15 is 0 Å². The molecule has 0 aliphatic carbocycles. The summed E-state index contributed by atoms with van der Waals surface area (Å²) in [7, 11) is 1.99. The van der Waals surface area contributed by atoms with Gasteiger partial charge in [0.2, 0.25) is 0 Å². The van der Waals surface area contributed by atoms with Crippen LogP contribution in [0.4, 0.5) is 5.69 Å². The van der Waals surface area contributed by atoms with Crippen molar-refractivity contribution in [3.05, 3.63) is 71.9 Å². The van der Waals surface area contributed by atoms with Gasteiger partial charge in [0.15, 0.2) is 11.6 Å². The molecular formula is C32H39N3O4. The fourth-order valence-electron chi connectivity index (χ4n) is 4.73. The molecule has 0 unspecified atom stereocenters. The highest BCUT2D eigenvalue weighted by Gasteiger charge is 2.12. The molecule has 0 amide bonds. The number of rotatable bonds is 13. The topological polar surface area (TPSA) is 64.0 Å². The molecule has 1 aromatic heterocycles. The van der Waals surface area contributed by atoms with Crippen LogP contribution in [0.3, 0.4) is 0 Å². The number of hydrogen-bond acceptors (Lipinski definition) is 6. The Hall–Kier alpha value is -3.68. The molecule has 2 heterocycles. The summed E-state index contributed by atoms with van der Waals surface area (Å²) in [5.74, 6) is 0.268. The summed E-state index contributed by atoms with van der Waals surface area (Å²) < 4.78 is 13.7. The lowest BCUT2D eigenvalue weighted by molar-refractivity contribution is -0.121. The summed E-state index contributed by atoms with van der Waals surface area (Å²) in [6, 6.07) is 14.1. The maximum Gasteiger partial charge on any atom is 0.163 e. The normalized spacial score (nSPS) is 14.4. The fourth-order valence-corrected chi connectivity index (χ4v) is 4.73. The Labute approximate surface area is 231 Å². The summed E-state index contributed by atoms with van der Waals surface area (Å²) >= 11 is 0. The van der Waals surface area contributed by atoms with Crippen LogP contribution in [0.1, 0.15) is 31.4 Å². The maximum atomic E-state index is 12.6. The number of benzene rings is 2. The van der Waals surface area contributed by atoms with Crippen LogP contribution in [0, 0.1) is 0 Å². The zero-order valence-electron chi connectivity index (χ0n) is 23.3. The van der Waals surface area contributed by atoms with Gasteiger partial charge in [0.05, 0.1) is 19.6 Å². The fraction of sp³-hybridized carbons (Fsp3) is 0.375. The molecule has 1 aliphatic rings. The molecule has 0 saturated carbocycles. The summed E-state index contributed by atoms with van der Waals surface area (Å²) in [4.78, 5) is 29.7. The van der Waals surface area contributed by atoms with E-state index in [0.29, 0.717) is 6.61 Å². The Balaban J connectivity index is 1.39. The van der Waals surface area contributed by atoms with Crippen molar-refractivity contribution in [3.63, 3.8) is 0 Å². The largest absolute Gasteiger partial charge is 0.492 e. The van der Waals surface area contributed by atoms with Crippen molar-refractivity contribution in [2.24, 2.45) is 7.05 Å². The highest BCUT2D eigenvalue weighted by atomic mass is 16.5. The molecule has 1 aliphatic heterocycles. The third kappa shape index (κ3) is 7.91. The monoisotopic (exact) mass is 529 g/mol. The third-order valence-electron chi connectivity index (χ3n) is 7.07. The highest BCUT2D eigenvalue weighted by Crippen LogP contribution is 2.27. The molecule has 4 rings (SSSR count). The minimum absolute atomic E-state index is 0.176. The molecule has 0 radical (unpaired) electrons. The smallest absolute Gasteiger partial charge is 0.163 e. The Morgan fingerprint density at radius 1 is 0.974 bits per heavy atom. The lowest BCUT2D eigenvalue weighted by atomic mass is 10.1. The zero-order valence-corrected chi connectivity index (χ0v) is 23.3. The second-order valence-corrected chi connectivity index (χ2v) is 9.72. The van der Waals surface area contributed by atoms with E-state index in [1.807, 2.05) is 54.2 Å². The van der Waals surface area contributed by atoms with Crippen LogP contribution in [0.25, 0.3) is 23.1 Å². The van der Waals surface area contributed by atoms with E-state index in [4.69, 9.17) is 9.47 Å². The Kier molecular flexibility index (Phi) is 10.1. The first-order chi connectivity index (χ1) is 19.0. The minimum atomic E-state index is -0.241. The number of anilines is 1. The number of aryl methyl sites for hydroxylation is 1. The van der Waals surface area contributed by atoms with Crippen LogP contribution in [-0.2, 0) is 21.4 Å². The zero-order chi connectivity index (χ0) is 27.6. The van der Waals surface area contributed by atoms with Crippen molar-refractivity contribution in [1.29, 1.82) is 0 Å². The number of fused-ring (bicyclic) bond motifs is 1. The number of hydrogen-bond donors (Lipinski definition) is 0. The van der Waals surface area contributed by atoms with E-state index in [2.05, 4.69) is 29.7 Å². The standard InChI is InChI=1S/C32H39N3O4/c1-4-35(5-2)28-11-9-27(32(23-28)39-21-18-34-16-19-38-20-17-34)10-13-30(37)24-29(36)12-7-25-6-8-26-14-15-33(3)31(26)22-25/h6-15,22-23H,4-5,16-21,24H2,1-3H3. The van der Waals surface area contributed by atoms with Gasteiger partial charge in [-0.3, -0.25) is 14.5 Å². The van der Waals surface area contributed by atoms with Crippen molar-refractivity contribution < 1.29 is 19.1 Å². The predicted molar refractivity (Wildman–Crippen MR) is 158 cm³/mol. The number of carbonyl (C=O) groups excluding carboxylic acids is 2. The maximum absolute atomic E-state index is 12.6. The molecule has 7 heteroatoms. The molecule has 2 aromatic carbocycles. The van der Waals surface area contributed by atoms with Crippen molar-refractivity contribution in [3.8, 4) is 5.75 Å². The van der Waals surface area contributed by atoms with E-state index in [0.717, 1.165) is 79.4 Å². The van der Waals surface area contributed by atoms with E-state index in [-0.39, 0.29) is 18.0 Å². The molecule has 1 saturated heterocycles. The second-order valence-electron chi connectivity index (χ2n) is 9.72. The SMILES string of the molecule is CCN(CC)c1ccc(C=CC(=O)CC(=O)C=Cc2ccc3ccn(C)c3c2)c(OCCN2CCOCC2)c1. The van der Waals surface area contributed by atoms with Gasteiger partial charge in [-0.25, -0.2) is 0 Å². The molecule has 7 nitrogen and oxygen atoms in total. The van der Waals surface area contributed by atoms with Gasteiger partial charge in [-0.2, -0.15) is 0 Å². The van der Waals surface area contributed by atoms with Gasteiger partial charge in [-0.05, 0) is 67.3 Å². The molecule has 0 atom stereocenters. The average Bonchev–Trinajstić information content (AvgIpc) is 3.32. The number of ether oxygens (including phenoxy) is 2. The van der Waals surface area contributed by atoms with Crippen LogP contribution >= 0.6 is 0 Å². The third-order valence-corrected chi connectivity index (χ3v) is 7.07. The van der Waals surface area contributed by atoms with E-state index in [1.54, 1.807) is 12.2 Å². The Morgan fingerprint density at radius 2 is 1.72 bits per heavy atom. The molecule has 0 spiro atoms. The summed E-state index contributed by atoms with van der Waals surface area (Å²) in [5.41, 5.74) is 3.92. The highest BCUT2D eigenvalue weighted by molar-refractivity contribution is 6.11. The van der Waals surface area contributed by atoms with Gasteiger partial charge in [-0.1, -0.05) is 18.2 Å². The van der Waals surface area contributed by atoms with Crippen molar-refractivity contribution in [2.45, 2.75) is 20.3 Å². The summed E-state index contributed by atoms with van der Waals surface area (Å²) in [6.07, 6.45) is 8.30. The average molecular weight is 530 g/mol. The molecule has 1 fully saturated rings. The van der Waals surface area contributed by atoms with Gasteiger partial charge in [0.1, 0.15) is 12.4 Å². The summed E-state index contributed by atoms with van der Waals surface area (Å²) in [6.45, 7) is 10.7. The van der Waals surface area contributed by atoms with E-state index in [1.165, 1.54) is 12.2 Å². The van der Waals surface area contributed by atoms with Crippen molar-refractivity contribution >= 4 is 40.3 Å². The number of morpholine rings is 1. The van der Waals surface area contributed by atoms with Crippen LogP contribution in [-0.4, -0.2) is 73.6 Å². The first-order valence-electron chi connectivity index (χ1n) is 13.8. The van der Waals surface area contributed by atoms with Gasteiger partial charge in [-0.15, -0.1) is 0 Å². The number of aromatic nitrogens is 1. The van der Waals surface area contributed by atoms with Crippen molar-refractivity contribution in [1.82, 2.24) is 9.47 Å². The minimum Gasteiger partial charge on any atom is -0.492 e. The lowest BCUT2D eigenvalue weighted by Gasteiger charge is -2.27. The first-order valence-corrected chi connectivity index (χ1v) is 13.8. The number of carbonyl (C=O) groups is 2. The van der Waals surface area contributed by atoms with E-state index < -0.39 is 0 Å². The molecule has 39 heavy (non-hydrogen) atoms. The summed E-state index contributed by atoms with van der Waals surface area (Å²) in [5, 5.41) is 1.15. The number of allylic oxidation sites excluding steroid dienone is 2. The van der Waals surface area contributed by atoms with Gasteiger partial charge >= 0.3 is 0 Å². The van der Waals surface area contributed by atoms with Crippen LogP contribution in [0.15, 0.2) is 60.8 Å². The van der Waals surface area contributed by atoms with Crippen LogP contribution in [0.5, 0.6) is 5.75 Å². The Morgan fingerprint density at radius 3 is 2.46 bits per heavy atom. The van der Waals surface area contributed by atoms with Gasteiger partial charge in [0, 0.05) is 68.8 Å². The molecular weight excluding hydrogens is 490 g/mol. The number of nitrogens with zero attached hydrogens (tertiary/aromatic N) is 3. The van der Waals surface area contributed by atoms with E-state index in [9.17, 15) is 9.59 Å². The molecule has 3 aromatic rings. The number of ketones is 2. The van der Waals surface area contributed by atoms with Crippen molar-refractivity contribution in [2.75, 3.05) is 57.4 Å². The quantitative estimate of drug-likeness (QED) is 0.230. The lowest BCUT2D eigenvalue weighted by Crippen LogP contribution is -2.38. The molecule has 0 bridgehead atoms. The molecule has 206 valence electrons. The Bertz CT molecular complexity index is 1330. The second kappa shape index (κ2) is 13.9.